The molecule has 3 aromatic heterocycles. The lowest BCUT2D eigenvalue weighted by atomic mass is 9.98. The van der Waals surface area contributed by atoms with Crippen molar-refractivity contribution in [2.45, 2.75) is 51.7 Å². The predicted molar refractivity (Wildman–Crippen MR) is 127 cm³/mol. The van der Waals surface area contributed by atoms with E-state index in [4.69, 9.17) is 9.26 Å². The summed E-state index contributed by atoms with van der Waals surface area (Å²) in [7, 11) is 0. The Balaban J connectivity index is 1.29. The number of aryl methyl sites for hydroxylation is 1. The smallest absolute Gasteiger partial charge is 0.223 e. The maximum Gasteiger partial charge on any atom is 0.223 e. The van der Waals surface area contributed by atoms with Crippen LogP contribution in [0, 0.1) is 6.92 Å². The molecule has 5 rings (SSSR count). The van der Waals surface area contributed by atoms with Crippen molar-refractivity contribution in [3.8, 4) is 28.5 Å². The molecule has 1 aromatic carbocycles. The van der Waals surface area contributed by atoms with Crippen molar-refractivity contribution in [2.24, 2.45) is 0 Å². The van der Waals surface area contributed by atoms with Crippen LogP contribution in [0.25, 0.3) is 22.7 Å². The normalized spacial score (nSPS) is 14.2. The number of rotatable bonds is 7. The van der Waals surface area contributed by atoms with E-state index in [0.29, 0.717) is 24.4 Å². The topological polar surface area (TPSA) is 86.0 Å². The highest BCUT2D eigenvalue weighted by Gasteiger charge is 2.18. The number of nitrogens with zero attached hydrogens (tertiary/aromatic N) is 4. The molecule has 0 saturated heterocycles. The van der Waals surface area contributed by atoms with Gasteiger partial charge in [0, 0.05) is 23.9 Å². The maximum absolute atomic E-state index is 6.10. The highest BCUT2D eigenvalue weighted by Crippen LogP contribution is 2.28. The van der Waals surface area contributed by atoms with Crippen LogP contribution in [-0.2, 0) is 6.54 Å². The number of ether oxygens (including phenoxy) is 1. The Bertz CT molecular complexity index is 1190. The molecule has 0 atom stereocenters. The van der Waals surface area contributed by atoms with Crippen LogP contribution in [0.3, 0.4) is 0 Å². The summed E-state index contributed by atoms with van der Waals surface area (Å²) in [4.78, 5) is 13.6. The van der Waals surface area contributed by atoms with Gasteiger partial charge in [0.05, 0.1) is 23.7 Å². The monoisotopic (exact) mass is 441 g/mol. The first-order chi connectivity index (χ1) is 16.3. The number of nitrogens with one attached hydrogen (secondary N) is 1. The van der Waals surface area contributed by atoms with E-state index in [2.05, 4.69) is 25.4 Å². The molecule has 4 aromatic rings. The first-order valence-electron chi connectivity index (χ1n) is 11.5. The number of benzene rings is 1. The molecule has 1 aliphatic carbocycles. The zero-order chi connectivity index (χ0) is 22.5. The van der Waals surface area contributed by atoms with Gasteiger partial charge >= 0.3 is 0 Å². The molecular weight excluding hydrogens is 414 g/mol. The van der Waals surface area contributed by atoms with Crippen molar-refractivity contribution < 1.29 is 9.26 Å². The Kier molecular flexibility index (Phi) is 6.28. The van der Waals surface area contributed by atoms with Crippen LogP contribution in [0.4, 0.5) is 5.95 Å². The Morgan fingerprint density at radius 3 is 2.61 bits per heavy atom. The van der Waals surface area contributed by atoms with Crippen LogP contribution in [0.15, 0.2) is 65.4 Å². The van der Waals surface area contributed by atoms with Gasteiger partial charge in [0.15, 0.2) is 5.76 Å². The average molecular weight is 442 g/mol. The summed E-state index contributed by atoms with van der Waals surface area (Å²) in [5.74, 6) is 1.99. The van der Waals surface area contributed by atoms with E-state index in [0.717, 1.165) is 46.8 Å². The van der Waals surface area contributed by atoms with Gasteiger partial charge in [-0.2, -0.15) is 0 Å². The summed E-state index contributed by atoms with van der Waals surface area (Å²) < 4.78 is 11.7. The number of hydrogen-bond donors (Lipinski definition) is 1. The van der Waals surface area contributed by atoms with Crippen molar-refractivity contribution in [3.63, 3.8) is 0 Å². The van der Waals surface area contributed by atoms with Crippen LogP contribution in [0.2, 0.25) is 0 Å². The van der Waals surface area contributed by atoms with Gasteiger partial charge in [-0.25, -0.2) is 15.0 Å². The van der Waals surface area contributed by atoms with Crippen molar-refractivity contribution >= 4 is 5.95 Å². The van der Waals surface area contributed by atoms with Gasteiger partial charge in [0.2, 0.25) is 5.95 Å². The fourth-order valence-corrected chi connectivity index (χ4v) is 4.14. The largest absolute Gasteiger partial charge is 0.489 e. The second-order valence-electron chi connectivity index (χ2n) is 8.32. The van der Waals surface area contributed by atoms with E-state index in [1.807, 2.05) is 55.5 Å². The van der Waals surface area contributed by atoms with Crippen molar-refractivity contribution in [2.75, 3.05) is 5.32 Å². The Morgan fingerprint density at radius 2 is 1.82 bits per heavy atom. The average Bonchev–Trinajstić information content (AvgIpc) is 3.25. The summed E-state index contributed by atoms with van der Waals surface area (Å²) in [5.41, 5.74) is 4.37. The molecule has 0 unspecified atom stereocenters. The second-order valence-corrected chi connectivity index (χ2v) is 8.32. The van der Waals surface area contributed by atoms with E-state index in [9.17, 15) is 0 Å². The van der Waals surface area contributed by atoms with E-state index in [1.54, 1.807) is 12.4 Å². The minimum absolute atomic E-state index is 0.297. The summed E-state index contributed by atoms with van der Waals surface area (Å²) in [5, 5.41) is 7.46. The first kappa shape index (κ1) is 21.1. The Morgan fingerprint density at radius 1 is 0.970 bits per heavy atom. The molecule has 1 aliphatic rings. The summed E-state index contributed by atoms with van der Waals surface area (Å²) >= 11 is 0. The molecule has 168 valence electrons. The molecule has 7 nitrogen and oxygen atoms in total. The quantitative estimate of drug-likeness (QED) is 0.386. The highest BCUT2D eigenvalue weighted by molar-refractivity contribution is 5.61. The summed E-state index contributed by atoms with van der Waals surface area (Å²) in [6.07, 6.45) is 9.84. The molecule has 0 radical (unpaired) electrons. The van der Waals surface area contributed by atoms with Crippen molar-refractivity contribution in [1.82, 2.24) is 20.1 Å². The van der Waals surface area contributed by atoms with Gasteiger partial charge in [-0.15, -0.1) is 0 Å². The van der Waals surface area contributed by atoms with Crippen molar-refractivity contribution in [1.29, 1.82) is 0 Å². The van der Waals surface area contributed by atoms with E-state index in [-0.39, 0.29) is 0 Å². The molecule has 0 spiro atoms. The van der Waals surface area contributed by atoms with Gasteiger partial charge in [-0.3, -0.25) is 0 Å². The SMILES string of the molecule is Cc1noc(-c2ccc(OC3CCCCC3)cn2)c1CNc1nccc(-c2ccccc2)n1. The van der Waals surface area contributed by atoms with E-state index >= 15 is 0 Å². The summed E-state index contributed by atoms with van der Waals surface area (Å²) in [6, 6.07) is 15.8. The lowest BCUT2D eigenvalue weighted by molar-refractivity contribution is 0.154. The Labute approximate surface area is 193 Å². The van der Waals surface area contributed by atoms with Crippen LogP contribution < -0.4 is 10.1 Å². The molecular formula is C26H27N5O2. The number of pyridine rings is 1. The molecule has 1 fully saturated rings. The maximum atomic E-state index is 6.10. The van der Waals surface area contributed by atoms with Gasteiger partial charge in [0.1, 0.15) is 11.4 Å². The molecule has 0 bridgehead atoms. The molecule has 0 aliphatic heterocycles. The number of aromatic nitrogens is 4. The lowest BCUT2D eigenvalue weighted by Gasteiger charge is -2.22. The Hall–Kier alpha value is -3.74. The van der Waals surface area contributed by atoms with Crippen LogP contribution >= 0.6 is 0 Å². The predicted octanol–water partition coefficient (Wildman–Crippen LogP) is 5.83. The third-order valence-electron chi connectivity index (χ3n) is 5.96. The molecule has 7 heteroatoms. The van der Waals surface area contributed by atoms with Gasteiger partial charge in [-0.1, -0.05) is 41.9 Å². The van der Waals surface area contributed by atoms with Gasteiger partial charge in [-0.05, 0) is 50.8 Å². The fraction of sp³-hybridized carbons (Fsp3) is 0.308. The van der Waals surface area contributed by atoms with Crippen LogP contribution in [0.1, 0.15) is 43.4 Å². The van der Waals surface area contributed by atoms with Crippen molar-refractivity contribution in [3.05, 3.63) is 72.2 Å². The second kappa shape index (κ2) is 9.81. The molecule has 1 saturated carbocycles. The van der Waals surface area contributed by atoms with E-state index < -0.39 is 0 Å². The summed E-state index contributed by atoms with van der Waals surface area (Å²) in [6.45, 7) is 2.40. The molecule has 33 heavy (non-hydrogen) atoms. The fourth-order valence-electron chi connectivity index (χ4n) is 4.14. The molecule has 3 heterocycles. The minimum atomic E-state index is 0.297. The lowest BCUT2D eigenvalue weighted by Crippen LogP contribution is -2.19. The van der Waals surface area contributed by atoms with Crippen LogP contribution in [-0.4, -0.2) is 26.2 Å². The van der Waals surface area contributed by atoms with Gasteiger partial charge in [0.25, 0.3) is 0 Å². The third kappa shape index (κ3) is 5.03. The third-order valence-corrected chi connectivity index (χ3v) is 5.96. The molecule has 1 N–H and O–H groups in total. The van der Waals surface area contributed by atoms with Crippen LogP contribution in [0.5, 0.6) is 5.75 Å². The molecule has 0 amide bonds. The zero-order valence-electron chi connectivity index (χ0n) is 18.7. The first-order valence-corrected chi connectivity index (χ1v) is 11.5. The zero-order valence-corrected chi connectivity index (χ0v) is 18.7. The standard InChI is InChI=1S/C26H27N5O2/c1-18-22(17-29-26-27-15-14-23(30-26)19-8-4-2-5-9-19)25(33-31-18)24-13-12-21(16-28-24)32-20-10-6-3-7-11-20/h2,4-5,8-9,12-16,20H,3,6-7,10-11,17H2,1H3,(H,27,29,30). The highest BCUT2D eigenvalue weighted by atomic mass is 16.5. The minimum Gasteiger partial charge on any atom is -0.489 e. The van der Waals surface area contributed by atoms with Gasteiger partial charge < -0.3 is 14.6 Å². The number of anilines is 1. The number of hydrogen-bond acceptors (Lipinski definition) is 7. The van der Waals surface area contributed by atoms with E-state index in [1.165, 1.54) is 19.3 Å².